The lowest BCUT2D eigenvalue weighted by molar-refractivity contribution is -0.146. The van der Waals surface area contributed by atoms with Crippen molar-refractivity contribution in [3.05, 3.63) is 29.8 Å². The standard InChI is InChI=1S/C14H19NO2S/c1-17-14(16)13(15-9-3-4-10-15)11-5-7-12(18-2)8-6-11/h5-8,13H,3-4,9-10H2,1-2H3. The van der Waals surface area contributed by atoms with Crippen molar-refractivity contribution in [3.63, 3.8) is 0 Å². The maximum Gasteiger partial charge on any atom is 0.327 e. The van der Waals surface area contributed by atoms with Crippen LogP contribution in [0.4, 0.5) is 0 Å². The van der Waals surface area contributed by atoms with Gasteiger partial charge in [0.1, 0.15) is 6.04 Å². The highest BCUT2D eigenvalue weighted by Gasteiger charge is 2.30. The van der Waals surface area contributed by atoms with Crippen molar-refractivity contribution in [2.75, 3.05) is 26.5 Å². The van der Waals surface area contributed by atoms with Crippen LogP contribution >= 0.6 is 11.8 Å². The average Bonchev–Trinajstić information content (AvgIpc) is 2.93. The van der Waals surface area contributed by atoms with Crippen molar-refractivity contribution in [2.45, 2.75) is 23.8 Å². The first-order valence-corrected chi connectivity index (χ1v) is 7.44. The topological polar surface area (TPSA) is 29.5 Å². The molecule has 1 aliphatic rings. The van der Waals surface area contributed by atoms with Gasteiger partial charge < -0.3 is 4.74 Å². The second-order valence-corrected chi connectivity index (χ2v) is 5.32. The Kier molecular flexibility index (Phi) is 4.66. The number of benzene rings is 1. The summed E-state index contributed by atoms with van der Waals surface area (Å²) in [5, 5.41) is 0. The van der Waals surface area contributed by atoms with E-state index in [9.17, 15) is 4.79 Å². The Morgan fingerprint density at radius 1 is 1.28 bits per heavy atom. The van der Waals surface area contributed by atoms with Crippen LogP contribution < -0.4 is 0 Å². The molecule has 1 aliphatic heterocycles. The van der Waals surface area contributed by atoms with Crippen LogP contribution in [0.3, 0.4) is 0 Å². The minimum atomic E-state index is -0.242. The molecule has 4 heteroatoms. The Morgan fingerprint density at radius 3 is 2.39 bits per heavy atom. The highest BCUT2D eigenvalue weighted by Crippen LogP contribution is 2.27. The molecule has 0 amide bonds. The van der Waals surface area contributed by atoms with Gasteiger partial charge >= 0.3 is 5.97 Å². The van der Waals surface area contributed by atoms with E-state index in [2.05, 4.69) is 17.0 Å². The van der Waals surface area contributed by atoms with Crippen LogP contribution in [-0.4, -0.2) is 37.3 Å². The summed E-state index contributed by atoms with van der Waals surface area (Å²) in [5.74, 6) is -0.159. The number of rotatable bonds is 4. The summed E-state index contributed by atoms with van der Waals surface area (Å²) in [5.41, 5.74) is 1.03. The number of likely N-dealkylation sites (tertiary alicyclic amines) is 1. The maximum atomic E-state index is 12.0. The number of carbonyl (C=O) groups is 1. The largest absolute Gasteiger partial charge is 0.468 e. The molecule has 1 fully saturated rings. The van der Waals surface area contributed by atoms with E-state index in [4.69, 9.17) is 4.74 Å². The zero-order valence-electron chi connectivity index (χ0n) is 10.9. The smallest absolute Gasteiger partial charge is 0.327 e. The number of nitrogens with zero attached hydrogens (tertiary/aromatic N) is 1. The van der Waals surface area contributed by atoms with E-state index >= 15 is 0 Å². The summed E-state index contributed by atoms with van der Waals surface area (Å²) in [4.78, 5) is 15.4. The molecule has 0 N–H and O–H groups in total. The van der Waals surface area contributed by atoms with Crippen LogP contribution in [0.25, 0.3) is 0 Å². The second kappa shape index (κ2) is 6.25. The molecule has 1 aromatic rings. The summed E-state index contributed by atoms with van der Waals surface area (Å²) >= 11 is 1.71. The van der Waals surface area contributed by atoms with Crippen molar-refractivity contribution in [2.24, 2.45) is 0 Å². The third-order valence-corrected chi connectivity index (χ3v) is 4.11. The molecule has 0 bridgehead atoms. The molecule has 1 saturated heterocycles. The molecule has 1 unspecified atom stereocenters. The molecule has 0 aliphatic carbocycles. The molecular formula is C14H19NO2S. The number of carbonyl (C=O) groups excluding carboxylic acids is 1. The first kappa shape index (κ1) is 13.4. The van der Waals surface area contributed by atoms with Crippen LogP contribution in [0.5, 0.6) is 0 Å². The predicted octanol–water partition coefficient (Wildman–Crippen LogP) is 2.72. The Balaban J connectivity index is 2.23. The van der Waals surface area contributed by atoms with Crippen LogP contribution in [-0.2, 0) is 9.53 Å². The lowest BCUT2D eigenvalue weighted by Crippen LogP contribution is -2.32. The summed E-state index contributed by atoms with van der Waals surface area (Å²) in [6.45, 7) is 1.95. The predicted molar refractivity (Wildman–Crippen MR) is 73.8 cm³/mol. The summed E-state index contributed by atoms with van der Waals surface area (Å²) in [7, 11) is 1.46. The number of methoxy groups -OCH3 is 1. The molecule has 1 aromatic carbocycles. The van der Waals surface area contributed by atoms with Crippen molar-refractivity contribution in [1.82, 2.24) is 4.90 Å². The SMILES string of the molecule is COC(=O)C(c1ccc(SC)cc1)N1CCCC1. The van der Waals surface area contributed by atoms with Gasteiger partial charge in [0.05, 0.1) is 7.11 Å². The van der Waals surface area contributed by atoms with E-state index in [1.807, 2.05) is 18.4 Å². The normalized spacial score (nSPS) is 17.7. The number of hydrogen-bond acceptors (Lipinski definition) is 4. The Bertz CT molecular complexity index is 399. The van der Waals surface area contributed by atoms with E-state index in [0.29, 0.717) is 0 Å². The Labute approximate surface area is 113 Å². The molecule has 0 saturated carbocycles. The van der Waals surface area contributed by atoms with Gasteiger partial charge in [-0.05, 0) is 49.9 Å². The monoisotopic (exact) mass is 265 g/mol. The first-order valence-electron chi connectivity index (χ1n) is 6.22. The lowest BCUT2D eigenvalue weighted by Gasteiger charge is -2.25. The van der Waals surface area contributed by atoms with Crippen molar-refractivity contribution < 1.29 is 9.53 Å². The van der Waals surface area contributed by atoms with Gasteiger partial charge in [-0.3, -0.25) is 4.90 Å². The maximum absolute atomic E-state index is 12.0. The minimum absolute atomic E-state index is 0.159. The number of hydrogen-bond donors (Lipinski definition) is 0. The Hall–Kier alpha value is -1.00. The summed E-state index contributed by atoms with van der Waals surface area (Å²) < 4.78 is 4.95. The number of esters is 1. The fourth-order valence-corrected chi connectivity index (χ4v) is 2.80. The highest BCUT2D eigenvalue weighted by atomic mass is 32.2. The zero-order valence-corrected chi connectivity index (χ0v) is 11.7. The van der Waals surface area contributed by atoms with E-state index in [0.717, 1.165) is 31.5 Å². The summed E-state index contributed by atoms with van der Waals surface area (Å²) in [6, 6.07) is 7.95. The molecule has 1 atom stereocenters. The van der Waals surface area contributed by atoms with Gasteiger partial charge in [-0.2, -0.15) is 0 Å². The number of thioether (sulfide) groups is 1. The molecule has 3 nitrogen and oxygen atoms in total. The van der Waals surface area contributed by atoms with E-state index in [1.165, 1.54) is 12.0 Å². The van der Waals surface area contributed by atoms with Gasteiger partial charge in [0.15, 0.2) is 0 Å². The molecule has 2 rings (SSSR count). The lowest BCUT2D eigenvalue weighted by atomic mass is 10.1. The van der Waals surface area contributed by atoms with Crippen LogP contribution in [0.15, 0.2) is 29.2 Å². The second-order valence-electron chi connectivity index (χ2n) is 4.44. The number of ether oxygens (including phenoxy) is 1. The van der Waals surface area contributed by atoms with E-state index in [-0.39, 0.29) is 12.0 Å². The first-order chi connectivity index (χ1) is 8.76. The van der Waals surface area contributed by atoms with Crippen LogP contribution in [0, 0.1) is 0 Å². The van der Waals surface area contributed by atoms with E-state index < -0.39 is 0 Å². The quantitative estimate of drug-likeness (QED) is 0.618. The summed E-state index contributed by atoms with van der Waals surface area (Å²) in [6.07, 6.45) is 4.38. The molecular weight excluding hydrogens is 246 g/mol. The van der Waals surface area contributed by atoms with E-state index in [1.54, 1.807) is 11.8 Å². The van der Waals surface area contributed by atoms with Crippen LogP contribution in [0.1, 0.15) is 24.4 Å². The molecule has 98 valence electrons. The minimum Gasteiger partial charge on any atom is -0.468 e. The Morgan fingerprint density at radius 2 is 1.89 bits per heavy atom. The van der Waals surface area contributed by atoms with Crippen molar-refractivity contribution in [3.8, 4) is 0 Å². The fourth-order valence-electron chi connectivity index (χ4n) is 2.39. The molecule has 0 radical (unpaired) electrons. The zero-order chi connectivity index (χ0) is 13.0. The van der Waals surface area contributed by atoms with Gasteiger partial charge in [0.25, 0.3) is 0 Å². The fraction of sp³-hybridized carbons (Fsp3) is 0.500. The van der Waals surface area contributed by atoms with Gasteiger partial charge in [0.2, 0.25) is 0 Å². The molecule has 0 aromatic heterocycles. The van der Waals surface area contributed by atoms with Crippen molar-refractivity contribution >= 4 is 17.7 Å². The molecule has 0 spiro atoms. The van der Waals surface area contributed by atoms with Gasteiger partial charge in [-0.1, -0.05) is 12.1 Å². The molecule has 18 heavy (non-hydrogen) atoms. The third kappa shape index (κ3) is 2.87. The van der Waals surface area contributed by atoms with Gasteiger partial charge in [-0.15, -0.1) is 11.8 Å². The third-order valence-electron chi connectivity index (χ3n) is 3.36. The van der Waals surface area contributed by atoms with Crippen LogP contribution in [0.2, 0.25) is 0 Å². The van der Waals surface area contributed by atoms with Gasteiger partial charge in [0, 0.05) is 4.90 Å². The van der Waals surface area contributed by atoms with Crippen molar-refractivity contribution in [1.29, 1.82) is 0 Å². The highest BCUT2D eigenvalue weighted by molar-refractivity contribution is 7.98. The molecule has 1 heterocycles. The van der Waals surface area contributed by atoms with Gasteiger partial charge in [-0.25, -0.2) is 4.79 Å². The average molecular weight is 265 g/mol.